The van der Waals surface area contributed by atoms with Crippen molar-refractivity contribution in [2.45, 2.75) is 24.4 Å². The van der Waals surface area contributed by atoms with Crippen molar-refractivity contribution in [3.8, 4) is 0 Å². The van der Waals surface area contributed by atoms with Gasteiger partial charge in [0.15, 0.2) is 0 Å². The van der Waals surface area contributed by atoms with Crippen LogP contribution in [0.2, 0.25) is 10.6 Å². The fourth-order valence-electron chi connectivity index (χ4n) is 0.289. The van der Waals surface area contributed by atoms with Crippen molar-refractivity contribution in [1.29, 1.82) is 0 Å². The molecule has 0 bridgehead atoms. The molecule has 9 heavy (non-hydrogen) atoms. The van der Waals surface area contributed by atoms with Crippen molar-refractivity contribution in [3.05, 3.63) is 0 Å². The molecule has 0 saturated carbocycles. The van der Waals surface area contributed by atoms with E-state index in [0.717, 1.165) is 0 Å². The summed E-state index contributed by atoms with van der Waals surface area (Å²) in [5.74, 6) is 0. The van der Waals surface area contributed by atoms with Gasteiger partial charge in [0.1, 0.15) is 0 Å². The molecule has 0 rings (SSSR count). The van der Waals surface area contributed by atoms with Gasteiger partial charge < -0.3 is 0 Å². The SMILES string of the molecule is C[CH2][Al]([Cl])[CH2]C.[Cl][Ti][Cl]. The number of halogens is 3. The number of rotatable bonds is 2. The maximum absolute atomic E-state index is 5.79. The third kappa shape index (κ3) is 17.8. The quantitative estimate of drug-likeness (QED) is 0.645. The van der Waals surface area contributed by atoms with E-state index in [-0.39, 0.29) is 0 Å². The second-order valence-corrected chi connectivity index (χ2v) is 8.74. The van der Waals surface area contributed by atoms with Crippen LogP contribution in [0.15, 0.2) is 0 Å². The van der Waals surface area contributed by atoms with E-state index in [1.807, 2.05) is 0 Å². The van der Waals surface area contributed by atoms with Gasteiger partial charge in [-0.1, -0.05) is 24.4 Å². The van der Waals surface area contributed by atoms with Gasteiger partial charge in [-0.3, -0.25) is 10.0 Å². The summed E-state index contributed by atoms with van der Waals surface area (Å²) in [4.78, 5) is 0. The molecular formula is C4H10AlCl3Ti. The minimum atomic E-state index is -0.688. The average Bonchev–Trinajstić information content (AvgIpc) is 1.88. The summed E-state index contributed by atoms with van der Waals surface area (Å²) in [5, 5.41) is 2.47. The Morgan fingerprint density at radius 3 is 1.44 bits per heavy atom. The van der Waals surface area contributed by atoms with E-state index >= 15 is 0 Å². The molecule has 0 unspecified atom stereocenters. The first-order valence-electron chi connectivity index (χ1n) is 2.83. The molecule has 0 aliphatic carbocycles. The molecule has 0 aromatic rings. The summed E-state index contributed by atoms with van der Waals surface area (Å²) in [6.45, 7) is 4.32. The van der Waals surface area contributed by atoms with Crippen LogP contribution >= 0.6 is 28.7 Å². The molecule has 0 heterocycles. The monoisotopic (exact) mass is 238 g/mol. The topological polar surface area (TPSA) is 0 Å². The van der Waals surface area contributed by atoms with Gasteiger partial charge in [-0.15, -0.1) is 0 Å². The normalized spacial score (nSPS) is 7.22. The Labute approximate surface area is 82.5 Å². The Hall–Kier alpha value is 2.12. The van der Waals surface area contributed by atoms with Crippen LogP contribution in [0, 0.1) is 0 Å². The van der Waals surface area contributed by atoms with E-state index in [9.17, 15) is 0 Å². The fourth-order valence-corrected chi connectivity index (χ4v) is 0.866. The Morgan fingerprint density at radius 1 is 1.22 bits per heavy atom. The summed E-state index contributed by atoms with van der Waals surface area (Å²) in [7, 11) is 15.6. The van der Waals surface area contributed by atoms with Crippen LogP contribution in [-0.2, 0) is 17.0 Å². The van der Waals surface area contributed by atoms with Crippen molar-refractivity contribution in [3.63, 3.8) is 0 Å². The summed E-state index contributed by atoms with van der Waals surface area (Å²) < 4.78 is 0. The number of hydrogen-bond donors (Lipinski definition) is 0. The van der Waals surface area contributed by atoms with Crippen LogP contribution in [-0.4, -0.2) is 13.2 Å². The first-order chi connectivity index (χ1) is 4.22. The van der Waals surface area contributed by atoms with E-state index in [0.29, 0.717) is 0 Å². The number of hydrogen-bond acceptors (Lipinski definition) is 0. The van der Waals surface area contributed by atoms with Crippen LogP contribution in [0.1, 0.15) is 13.8 Å². The second-order valence-electron chi connectivity index (χ2n) is 1.49. The first-order valence-corrected chi connectivity index (χ1v) is 10.5. The third-order valence-electron chi connectivity index (χ3n) is 0.886. The van der Waals surface area contributed by atoms with E-state index in [1.54, 1.807) is 0 Å². The first kappa shape index (κ1) is 13.7. The zero-order valence-corrected chi connectivity index (χ0v) is 10.6. The zero-order valence-electron chi connectivity index (χ0n) is 5.63. The zero-order chi connectivity index (χ0) is 7.70. The van der Waals surface area contributed by atoms with E-state index in [4.69, 9.17) is 28.7 Å². The van der Waals surface area contributed by atoms with Crippen LogP contribution < -0.4 is 0 Å². The molecule has 0 aromatic carbocycles. The van der Waals surface area contributed by atoms with Crippen molar-refractivity contribution in [2.24, 2.45) is 0 Å². The van der Waals surface area contributed by atoms with Crippen LogP contribution in [0.5, 0.6) is 0 Å². The van der Waals surface area contributed by atoms with Gasteiger partial charge in [-0.25, -0.2) is 0 Å². The van der Waals surface area contributed by atoms with Crippen molar-refractivity contribution in [2.75, 3.05) is 0 Å². The molecule has 0 saturated heterocycles. The van der Waals surface area contributed by atoms with Crippen LogP contribution in [0.4, 0.5) is 0 Å². The maximum atomic E-state index is 5.79. The van der Waals surface area contributed by atoms with Crippen molar-refractivity contribution >= 4 is 41.9 Å². The van der Waals surface area contributed by atoms with Gasteiger partial charge in [-0.05, 0) is 0 Å². The third-order valence-corrected chi connectivity index (χ3v) is 4.51. The Balaban J connectivity index is 0. The van der Waals surface area contributed by atoms with Gasteiger partial charge in [0.25, 0.3) is 0 Å². The van der Waals surface area contributed by atoms with Gasteiger partial charge in [0, 0.05) is 0 Å². The summed E-state index contributed by atoms with van der Waals surface area (Å²) in [5.41, 5.74) is 0. The Bertz CT molecular complexity index is 42.8. The predicted molar refractivity (Wildman–Crippen MR) is 44.3 cm³/mol. The predicted octanol–water partition coefficient (Wildman–Crippen LogP) is 3.63. The Morgan fingerprint density at radius 2 is 1.44 bits per heavy atom. The van der Waals surface area contributed by atoms with Crippen LogP contribution in [0.25, 0.3) is 0 Å². The summed E-state index contributed by atoms with van der Waals surface area (Å²) >= 11 is -1.24. The van der Waals surface area contributed by atoms with Gasteiger partial charge in [0.2, 0.25) is 0 Å². The van der Waals surface area contributed by atoms with Crippen LogP contribution in [0.3, 0.4) is 0 Å². The van der Waals surface area contributed by atoms with Crippen molar-refractivity contribution in [1.82, 2.24) is 0 Å². The molecule has 0 aliphatic rings. The average molecular weight is 239 g/mol. The van der Waals surface area contributed by atoms with Gasteiger partial charge in [-0.2, -0.15) is 0 Å². The van der Waals surface area contributed by atoms with Crippen molar-refractivity contribution < 1.29 is 17.0 Å². The standard InChI is InChI=1S/2C2H5.Al.3ClH.Ti/c2*1-2;;;;;/h2*1H2,2H3;;3*1H;/q;;+1;;;;+2/p-3. The molecule has 0 amide bonds. The molecular weight excluding hydrogens is 229 g/mol. The molecule has 0 nitrogen and oxygen atoms in total. The molecule has 0 aliphatic heterocycles. The van der Waals surface area contributed by atoms with E-state index < -0.39 is 30.3 Å². The molecule has 5 heteroatoms. The molecule has 0 atom stereocenters. The summed E-state index contributed by atoms with van der Waals surface area (Å²) in [6.07, 6.45) is 0. The molecule has 0 N–H and O–H groups in total. The van der Waals surface area contributed by atoms with Gasteiger partial charge in [0.05, 0.1) is 0 Å². The molecule has 0 spiro atoms. The Kier molecular flexibility index (Phi) is 19.4. The molecule has 0 fully saturated rings. The molecule has 0 aromatic heterocycles. The second kappa shape index (κ2) is 12.8. The summed E-state index contributed by atoms with van der Waals surface area (Å²) in [6, 6.07) is 0. The molecule has 54 valence electrons. The van der Waals surface area contributed by atoms with E-state index in [1.165, 1.54) is 10.6 Å². The van der Waals surface area contributed by atoms with Gasteiger partial charge >= 0.3 is 48.9 Å². The molecule has 0 radical (unpaired) electrons. The fraction of sp³-hybridized carbons (Fsp3) is 1.00. The minimum absolute atomic E-state index is 0.556. The van der Waals surface area contributed by atoms with E-state index in [2.05, 4.69) is 13.8 Å².